The molecule has 0 aliphatic rings. The SMILES string of the molecule is Cc1ccccc1-c1nc2c(c(=O)c3ccccc3n2C)c2nc3ccccc3n12. The number of nitrogens with zero attached hydrogens (tertiary/aromatic N) is 4. The Bertz CT molecular complexity index is 1690. The van der Waals surface area contributed by atoms with Crippen molar-refractivity contribution in [3.05, 3.63) is 88.6 Å². The summed E-state index contributed by atoms with van der Waals surface area (Å²) < 4.78 is 4.02. The van der Waals surface area contributed by atoms with E-state index in [0.29, 0.717) is 22.1 Å². The third kappa shape index (κ3) is 2.14. The lowest BCUT2D eigenvalue weighted by Gasteiger charge is -2.14. The molecule has 0 fully saturated rings. The van der Waals surface area contributed by atoms with Gasteiger partial charge in [-0.2, -0.15) is 0 Å². The molecule has 0 aliphatic carbocycles. The quantitative estimate of drug-likeness (QED) is 0.377. The van der Waals surface area contributed by atoms with Crippen LogP contribution in [-0.4, -0.2) is 18.9 Å². The zero-order valence-electron chi connectivity index (χ0n) is 16.6. The summed E-state index contributed by atoms with van der Waals surface area (Å²) in [7, 11) is 1.96. The molecule has 0 aliphatic heterocycles. The van der Waals surface area contributed by atoms with E-state index in [-0.39, 0.29) is 5.43 Å². The first-order valence-corrected chi connectivity index (χ1v) is 9.90. The largest absolute Gasteiger partial charge is 0.328 e. The molecule has 5 heteroatoms. The zero-order chi connectivity index (χ0) is 20.4. The lowest BCUT2D eigenvalue weighted by atomic mass is 10.1. The Hall–Kier alpha value is -3.99. The number of para-hydroxylation sites is 3. The Labute approximate surface area is 171 Å². The van der Waals surface area contributed by atoms with Crippen molar-refractivity contribution >= 4 is 38.6 Å². The predicted octanol–water partition coefficient (Wildman–Crippen LogP) is 4.86. The minimum absolute atomic E-state index is 0.0390. The van der Waals surface area contributed by atoms with Gasteiger partial charge in [-0.1, -0.05) is 48.5 Å². The summed E-state index contributed by atoms with van der Waals surface area (Å²) in [5.41, 5.74) is 6.03. The summed E-state index contributed by atoms with van der Waals surface area (Å²) in [5.74, 6) is 0.787. The van der Waals surface area contributed by atoms with Crippen molar-refractivity contribution in [3.63, 3.8) is 0 Å². The fraction of sp³-hybridized carbons (Fsp3) is 0.0800. The van der Waals surface area contributed by atoms with E-state index in [1.165, 1.54) is 0 Å². The van der Waals surface area contributed by atoms with Crippen LogP contribution in [0.2, 0.25) is 0 Å². The van der Waals surface area contributed by atoms with Crippen molar-refractivity contribution in [1.82, 2.24) is 18.9 Å². The number of hydrogen-bond acceptors (Lipinski definition) is 3. The molecule has 0 unspecified atom stereocenters. The molecule has 3 aromatic heterocycles. The van der Waals surface area contributed by atoms with Crippen LogP contribution in [0.1, 0.15) is 5.56 Å². The molecule has 144 valence electrons. The highest BCUT2D eigenvalue weighted by Crippen LogP contribution is 2.30. The second-order valence-corrected chi connectivity index (χ2v) is 7.61. The van der Waals surface area contributed by atoms with Crippen LogP contribution >= 0.6 is 0 Å². The monoisotopic (exact) mass is 390 g/mol. The summed E-state index contributed by atoms with van der Waals surface area (Å²) in [6.07, 6.45) is 0. The van der Waals surface area contributed by atoms with Gasteiger partial charge in [0, 0.05) is 18.0 Å². The molecule has 0 saturated heterocycles. The molecule has 3 aromatic carbocycles. The third-order valence-corrected chi connectivity index (χ3v) is 5.87. The fourth-order valence-electron chi connectivity index (χ4n) is 4.37. The van der Waals surface area contributed by atoms with Gasteiger partial charge in [0.15, 0.2) is 5.65 Å². The first kappa shape index (κ1) is 16.9. The number of imidazole rings is 1. The smallest absolute Gasteiger partial charge is 0.202 e. The molecule has 6 aromatic rings. The summed E-state index contributed by atoms with van der Waals surface area (Å²) >= 11 is 0. The van der Waals surface area contributed by atoms with Crippen LogP contribution in [0.4, 0.5) is 0 Å². The molecular weight excluding hydrogens is 372 g/mol. The molecule has 0 amide bonds. The highest BCUT2D eigenvalue weighted by molar-refractivity contribution is 6.02. The Morgan fingerprint density at radius 2 is 1.47 bits per heavy atom. The van der Waals surface area contributed by atoms with Gasteiger partial charge in [0.25, 0.3) is 0 Å². The van der Waals surface area contributed by atoms with Crippen LogP contribution in [0, 0.1) is 6.92 Å². The average molecular weight is 390 g/mol. The maximum absolute atomic E-state index is 13.5. The van der Waals surface area contributed by atoms with E-state index in [9.17, 15) is 4.79 Å². The minimum Gasteiger partial charge on any atom is -0.328 e. The Morgan fingerprint density at radius 1 is 0.767 bits per heavy atom. The van der Waals surface area contributed by atoms with Gasteiger partial charge in [-0.15, -0.1) is 0 Å². The maximum Gasteiger partial charge on any atom is 0.202 e. The van der Waals surface area contributed by atoms with Gasteiger partial charge < -0.3 is 4.57 Å². The van der Waals surface area contributed by atoms with Gasteiger partial charge in [-0.3, -0.25) is 9.20 Å². The number of benzene rings is 3. The molecule has 3 heterocycles. The molecule has 0 radical (unpaired) electrons. The molecule has 0 saturated carbocycles. The normalized spacial score (nSPS) is 11.8. The van der Waals surface area contributed by atoms with E-state index in [4.69, 9.17) is 9.97 Å². The molecule has 30 heavy (non-hydrogen) atoms. The van der Waals surface area contributed by atoms with E-state index >= 15 is 0 Å². The number of aryl methyl sites for hydroxylation is 2. The Kier molecular flexibility index (Phi) is 3.39. The van der Waals surface area contributed by atoms with E-state index in [1.807, 2.05) is 76.7 Å². The van der Waals surface area contributed by atoms with E-state index in [0.717, 1.165) is 33.5 Å². The van der Waals surface area contributed by atoms with Crippen molar-refractivity contribution in [2.24, 2.45) is 7.05 Å². The first-order valence-electron chi connectivity index (χ1n) is 9.90. The summed E-state index contributed by atoms with van der Waals surface area (Å²) in [4.78, 5) is 23.5. The van der Waals surface area contributed by atoms with E-state index < -0.39 is 0 Å². The summed E-state index contributed by atoms with van der Waals surface area (Å²) in [5, 5.41) is 1.22. The number of hydrogen-bond donors (Lipinski definition) is 0. The molecule has 0 atom stereocenters. The van der Waals surface area contributed by atoms with Crippen LogP contribution in [-0.2, 0) is 7.05 Å². The third-order valence-electron chi connectivity index (χ3n) is 5.87. The molecular formula is C25H18N4O. The van der Waals surface area contributed by atoms with Gasteiger partial charge >= 0.3 is 0 Å². The van der Waals surface area contributed by atoms with Crippen molar-refractivity contribution < 1.29 is 0 Å². The zero-order valence-corrected chi connectivity index (χ0v) is 16.6. The number of pyridine rings is 1. The number of aromatic nitrogens is 4. The van der Waals surface area contributed by atoms with Crippen molar-refractivity contribution in [1.29, 1.82) is 0 Å². The van der Waals surface area contributed by atoms with Gasteiger partial charge in [0.05, 0.1) is 16.6 Å². The van der Waals surface area contributed by atoms with Gasteiger partial charge in [-0.05, 0) is 36.8 Å². The van der Waals surface area contributed by atoms with Crippen LogP contribution in [0.3, 0.4) is 0 Å². The van der Waals surface area contributed by atoms with Crippen molar-refractivity contribution in [2.45, 2.75) is 6.92 Å². The fourth-order valence-corrected chi connectivity index (χ4v) is 4.37. The minimum atomic E-state index is -0.0390. The second kappa shape index (κ2) is 6.00. The summed E-state index contributed by atoms with van der Waals surface area (Å²) in [6, 6.07) is 23.8. The van der Waals surface area contributed by atoms with Gasteiger partial charge in [0.1, 0.15) is 16.9 Å². The Balaban J connectivity index is 1.96. The second-order valence-electron chi connectivity index (χ2n) is 7.61. The lowest BCUT2D eigenvalue weighted by molar-refractivity contribution is 0.967. The molecule has 0 spiro atoms. The lowest BCUT2D eigenvalue weighted by Crippen LogP contribution is -2.13. The molecule has 0 bridgehead atoms. The topological polar surface area (TPSA) is 52.2 Å². The maximum atomic E-state index is 13.5. The highest BCUT2D eigenvalue weighted by Gasteiger charge is 2.20. The first-order chi connectivity index (χ1) is 14.6. The Morgan fingerprint density at radius 3 is 2.30 bits per heavy atom. The molecule has 6 rings (SSSR count). The number of fused-ring (bicyclic) bond motifs is 6. The highest BCUT2D eigenvalue weighted by atomic mass is 16.1. The van der Waals surface area contributed by atoms with E-state index in [2.05, 4.69) is 19.1 Å². The van der Waals surface area contributed by atoms with Crippen LogP contribution in [0.15, 0.2) is 77.6 Å². The standard InChI is InChI=1S/C25H18N4O/c1-15-9-3-4-10-16(15)23-27-24-21(22(30)17-11-5-7-13-19(17)28(24)2)25-26-18-12-6-8-14-20(18)29(23)25/h3-14H,1-2H3. The van der Waals surface area contributed by atoms with Crippen molar-refractivity contribution in [2.75, 3.05) is 0 Å². The van der Waals surface area contributed by atoms with Crippen LogP contribution < -0.4 is 5.43 Å². The number of rotatable bonds is 1. The van der Waals surface area contributed by atoms with Gasteiger partial charge in [0.2, 0.25) is 5.43 Å². The van der Waals surface area contributed by atoms with Crippen molar-refractivity contribution in [3.8, 4) is 11.4 Å². The molecule has 5 nitrogen and oxygen atoms in total. The van der Waals surface area contributed by atoms with E-state index in [1.54, 1.807) is 0 Å². The average Bonchev–Trinajstić information content (AvgIpc) is 3.16. The van der Waals surface area contributed by atoms with Crippen LogP contribution in [0.5, 0.6) is 0 Å². The summed E-state index contributed by atoms with van der Waals surface area (Å²) in [6.45, 7) is 2.07. The van der Waals surface area contributed by atoms with Gasteiger partial charge in [-0.25, -0.2) is 9.97 Å². The predicted molar refractivity (Wildman–Crippen MR) is 121 cm³/mol. The van der Waals surface area contributed by atoms with Crippen LogP contribution in [0.25, 0.3) is 50.0 Å². The molecule has 0 N–H and O–H groups in total.